The quantitative estimate of drug-likeness (QED) is 0.732. The minimum atomic E-state index is -0.989. The van der Waals surface area contributed by atoms with Crippen LogP contribution in [-0.4, -0.2) is 46.1 Å². The summed E-state index contributed by atoms with van der Waals surface area (Å²) in [5, 5.41) is 15.4. The molecule has 4 amide bonds. The van der Waals surface area contributed by atoms with Crippen molar-refractivity contribution in [3.63, 3.8) is 0 Å². The largest absolute Gasteiger partial charge is 0.481 e. The number of nitrogens with zero attached hydrogens (tertiary/aromatic N) is 2. The van der Waals surface area contributed by atoms with Crippen molar-refractivity contribution < 1.29 is 19.5 Å². The zero-order valence-corrected chi connectivity index (χ0v) is 9.99. The maximum Gasteiger partial charge on any atom is 0.331 e. The van der Waals surface area contributed by atoms with Crippen molar-refractivity contribution in [1.29, 1.82) is 0 Å². The molecule has 0 aliphatic carbocycles. The number of hydrogen-bond acceptors (Lipinski definition) is 5. The number of aromatic nitrogens is 1. The average molecular weight is 270 g/mol. The second-order valence-electron chi connectivity index (χ2n) is 3.53. The molecule has 0 saturated carbocycles. The lowest BCUT2D eigenvalue weighted by atomic mass is 10.3. The predicted molar refractivity (Wildman–Crippen MR) is 62.6 cm³/mol. The molecule has 0 aromatic carbocycles. The van der Waals surface area contributed by atoms with Crippen molar-refractivity contribution in [1.82, 2.24) is 15.2 Å². The van der Waals surface area contributed by atoms with Crippen LogP contribution in [0.5, 0.6) is 0 Å². The van der Waals surface area contributed by atoms with Gasteiger partial charge in [-0.1, -0.05) is 0 Å². The zero-order valence-electron chi connectivity index (χ0n) is 9.17. The number of urea groups is 2. The van der Waals surface area contributed by atoms with Crippen molar-refractivity contribution >= 4 is 34.5 Å². The molecule has 1 aromatic rings. The van der Waals surface area contributed by atoms with Crippen molar-refractivity contribution in [3.8, 4) is 0 Å². The van der Waals surface area contributed by atoms with E-state index in [1.54, 1.807) is 5.38 Å². The number of carboxylic acid groups (broad SMARTS) is 1. The summed E-state index contributed by atoms with van der Waals surface area (Å²) in [4.78, 5) is 38.3. The third-order valence-corrected chi connectivity index (χ3v) is 3.01. The lowest BCUT2D eigenvalue weighted by molar-refractivity contribution is -0.136. The van der Waals surface area contributed by atoms with E-state index in [2.05, 4.69) is 15.6 Å². The highest BCUT2D eigenvalue weighted by atomic mass is 32.1. The van der Waals surface area contributed by atoms with E-state index in [0.717, 1.165) is 16.2 Å². The Morgan fingerprint density at radius 1 is 1.61 bits per heavy atom. The van der Waals surface area contributed by atoms with Crippen LogP contribution < -0.4 is 10.6 Å². The number of nitrogens with one attached hydrogen (secondary N) is 2. The molecule has 18 heavy (non-hydrogen) atoms. The van der Waals surface area contributed by atoms with Gasteiger partial charge in [0.15, 0.2) is 5.13 Å². The molecule has 0 spiro atoms. The Morgan fingerprint density at radius 2 is 2.39 bits per heavy atom. The normalized spacial score (nSPS) is 14.4. The average Bonchev–Trinajstić information content (AvgIpc) is 2.87. The van der Waals surface area contributed by atoms with E-state index in [0.29, 0.717) is 18.8 Å². The van der Waals surface area contributed by atoms with Crippen molar-refractivity contribution in [2.24, 2.45) is 0 Å². The Morgan fingerprint density at radius 3 is 3.00 bits per heavy atom. The lowest BCUT2D eigenvalue weighted by Gasteiger charge is -2.11. The van der Waals surface area contributed by atoms with Crippen molar-refractivity contribution in [3.05, 3.63) is 11.1 Å². The number of carbonyl (C=O) groups excluding carboxylic acids is 2. The molecule has 0 radical (unpaired) electrons. The van der Waals surface area contributed by atoms with Gasteiger partial charge >= 0.3 is 18.0 Å². The molecule has 3 N–H and O–H groups in total. The van der Waals surface area contributed by atoms with Crippen molar-refractivity contribution in [2.75, 3.05) is 18.4 Å². The summed E-state index contributed by atoms with van der Waals surface area (Å²) in [5.41, 5.74) is 0.369. The molecule has 1 aromatic heterocycles. The highest BCUT2D eigenvalue weighted by molar-refractivity contribution is 7.13. The third kappa shape index (κ3) is 2.74. The van der Waals surface area contributed by atoms with Gasteiger partial charge in [0.1, 0.15) is 0 Å². The van der Waals surface area contributed by atoms with Gasteiger partial charge in [0.05, 0.1) is 12.1 Å². The van der Waals surface area contributed by atoms with Crippen LogP contribution in [0.1, 0.15) is 5.69 Å². The van der Waals surface area contributed by atoms with E-state index in [1.165, 1.54) is 0 Å². The summed E-state index contributed by atoms with van der Waals surface area (Å²) >= 11 is 1.12. The molecule has 0 unspecified atom stereocenters. The van der Waals surface area contributed by atoms with Gasteiger partial charge in [-0.15, -0.1) is 11.3 Å². The van der Waals surface area contributed by atoms with Gasteiger partial charge < -0.3 is 10.4 Å². The summed E-state index contributed by atoms with van der Waals surface area (Å²) < 4.78 is 0. The van der Waals surface area contributed by atoms with E-state index >= 15 is 0 Å². The van der Waals surface area contributed by atoms with Gasteiger partial charge in [-0.25, -0.2) is 19.5 Å². The standard InChI is InChI=1S/C9H10N4O4S/c14-6(15)3-5-4-18-7(11-5)12-9(17)13-2-1-10-8(13)16/h4H,1-3H2,(H,10,16)(H,14,15)(H,11,12,17). The van der Waals surface area contributed by atoms with Crippen LogP contribution >= 0.6 is 11.3 Å². The molecular formula is C9H10N4O4S. The van der Waals surface area contributed by atoms with E-state index in [-0.39, 0.29) is 11.6 Å². The molecule has 96 valence electrons. The molecule has 0 bridgehead atoms. The fourth-order valence-corrected chi connectivity index (χ4v) is 2.12. The summed E-state index contributed by atoms with van der Waals surface area (Å²) in [5.74, 6) is -0.989. The predicted octanol–water partition coefficient (Wildman–Crippen LogP) is 0.327. The molecule has 1 fully saturated rings. The summed E-state index contributed by atoms with van der Waals surface area (Å²) in [6, 6.07) is -1.02. The molecule has 0 atom stereocenters. The fraction of sp³-hybridized carbons (Fsp3) is 0.333. The number of carbonyl (C=O) groups is 3. The van der Waals surface area contributed by atoms with Crippen LogP contribution in [0.2, 0.25) is 0 Å². The number of anilines is 1. The van der Waals surface area contributed by atoms with E-state index < -0.39 is 18.0 Å². The Kier molecular flexibility index (Phi) is 3.42. The van der Waals surface area contributed by atoms with Gasteiger partial charge in [-0.2, -0.15) is 0 Å². The summed E-state index contributed by atoms with van der Waals surface area (Å²) in [6.45, 7) is 0.729. The van der Waals surface area contributed by atoms with Crippen LogP contribution in [0.4, 0.5) is 14.7 Å². The number of carboxylic acids is 1. The smallest absolute Gasteiger partial charge is 0.331 e. The number of aliphatic carboxylic acids is 1. The van der Waals surface area contributed by atoms with Crippen molar-refractivity contribution in [2.45, 2.75) is 6.42 Å². The van der Waals surface area contributed by atoms with Gasteiger partial charge in [-0.05, 0) is 0 Å². The van der Waals surface area contributed by atoms with Gasteiger partial charge in [0, 0.05) is 18.5 Å². The third-order valence-electron chi connectivity index (χ3n) is 2.20. The first kappa shape index (κ1) is 12.3. The Bertz CT molecular complexity index is 501. The second kappa shape index (κ2) is 5.00. The lowest BCUT2D eigenvalue weighted by Crippen LogP contribution is -2.37. The zero-order chi connectivity index (χ0) is 13.1. The van der Waals surface area contributed by atoms with Crippen LogP contribution in [0.25, 0.3) is 0 Å². The minimum absolute atomic E-state index is 0.198. The first-order valence-corrected chi connectivity index (χ1v) is 5.97. The number of amides is 4. The van der Waals surface area contributed by atoms with Gasteiger partial charge in [-0.3, -0.25) is 10.1 Å². The highest BCUT2D eigenvalue weighted by Crippen LogP contribution is 2.16. The van der Waals surface area contributed by atoms with Crippen LogP contribution in [-0.2, 0) is 11.2 Å². The minimum Gasteiger partial charge on any atom is -0.481 e. The maximum atomic E-state index is 11.7. The number of imide groups is 1. The Balaban J connectivity index is 1.96. The van der Waals surface area contributed by atoms with Crippen LogP contribution in [0.3, 0.4) is 0 Å². The first-order valence-electron chi connectivity index (χ1n) is 5.09. The number of rotatable bonds is 3. The second-order valence-corrected chi connectivity index (χ2v) is 4.39. The van der Waals surface area contributed by atoms with E-state index in [4.69, 9.17) is 5.11 Å². The fourth-order valence-electron chi connectivity index (χ4n) is 1.42. The Hall–Kier alpha value is -2.16. The highest BCUT2D eigenvalue weighted by Gasteiger charge is 2.26. The van der Waals surface area contributed by atoms with E-state index in [1.807, 2.05) is 0 Å². The molecule has 1 aliphatic rings. The van der Waals surface area contributed by atoms with Gasteiger partial charge in [0.25, 0.3) is 0 Å². The summed E-state index contributed by atoms with van der Waals surface area (Å²) in [7, 11) is 0. The SMILES string of the molecule is O=C(O)Cc1csc(NC(=O)N2CCNC2=O)n1. The molecule has 1 saturated heterocycles. The molecule has 1 aliphatic heterocycles. The molecule has 8 nitrogen and oxygen atoms in total. The monoisotopic (exact) mass is 270 g/mol. The van der Waals surface area contributed by atoms with Crippen LogP contribution in [0.15, 0.2) is 5.38 Å². The Labute approximate surface area is 106 Å². The maximum absolute atomic E-state index is 11.7. The topological polar surface area (TPSA) is 112 Å². The number of thiazole rings is 1. The van der Waals surface area contributed by atoms with Crippen LogP contribution in [0, 0.1) is 0 Å². The molecule has 2 rings (SSSR count). The first-order chi connectivity index (χ1) is 8.56. The van der Waals surface area contributed by atoms with E-state index in [9.17, 15) is 14.4 Å². The molecular weight excluding hydrogens is 260 g/mol. The number of hydrogen-bond donors (Lipinski definition) is 3. The molecule has 2 heterocycles. The van der Waals surface area contributed by atoms with Gasteiger partial charge in [0.2, 0.25) is 0 Å². The summed E-state index contributed by atoms with van der Waals surface area (Å²) in [6.07, 6.45) is -0.198. The molecule has 9 heteroatoms.